The molecule has 0 spiro atoms. The summed E-state index contributed by atoms with van der Waals surface area (Å²) in [7, 11) is 0. The molecule has 5 heteroatoms. The standard InChI is InChI=1S/C15H12N2O2S/c1-20-10-7-5-9(6-8-10)17-14(18)11-3-2-4-12(16)13(11)15(17)19/h2-8H,16H2,1H3. The molecular weight excluding hydrogens is 272 g/mol. The molecule has 100 valence electrons. The maximum absolute atomic E-state index is 12.4. The Morgan fingerprint density at radius 1 is 1.00 bits per heavy atom. The molecule has 0 saturated carbocycles. The van der Waals surface area contributed by atoms with Crippen molar-refractivity contribution < 1.29 is 9.59 Å². The average molecular weight is 284 g/mol. The summed E-state index contributed by atoms with van der Waals surface area (Å²) in [6, 6.07) is 12.2. The van der Waals surface area contributed by atoms with Crippen LogP contribution in [0.1, 0.15) is 20.7 Å². The first-order valence-electron chi connectivity index (χ1n) is 6.05. The Kier molecular flexibility index (Phi) is 2.99. The van der Waals surface area contributed by atoms with Crippen LogP contribution in [0, 0.1) is 0 Å². The summed E-state index contributed by atoms with van der Waals surface area (Å²) < 4.78 is 0. The molecule has 1 heterocycles. The first kappa shape index (κ1) is 12.7. The molecule has 0 fully saturated rings. The van der Waals surface area contributed by atoms with Gasteiger partial charge in [-0.15, -0.1) is 11.8 Å². The third-order valence-corrected chi connectivity index (χ3v) is 4.02. The van der Waals surface area contributed by atoms with E-state index >= 15 is 0 Å². The Balaban J connectivity index is 2.07. The summed E-state index contributed by atoms with van der Waals surface area (Å²) in [6.45, 7) is 0. The zero-order chi connectivity index (χ0) is 14.3. The molecule has 2 amide bonds. The van der Waals surface area contributed by atoms with Gasteiger partial charge >= 0.3 is 0 Å². The molecule has 0 radical (unpaired) electrons. The Bertz CT molecular complexity index is 710. The molecule has 0 aromatic heterocycles. The molecule has 2 aromatic rings. The molecule has 20 heavy (non-hydrogen) atoms. The van der Waals surface area contributed by atoms with E-state index in [4.69, 9.17) is 5.73 Å². The van der Waals surface area contributed by atoms with Gasteiger partial charge in [0.1, 0.15) is 0 Å². The lowest BCUT2D eigenvalue weighted by atomic mass is 10.1. The van der Waals surface area contributed by atoms with Crippen molar-refractivity contribution in [2.75, 3.05) is 16.9 Å². The molecule has 0 saturated heterocycles. The maximum Gasteiger partial charge on any atom is 0.268 e. The van der Waals surface area contributed by atoms with E-state index < -0.39 is 0 Å². The number of hydrogen-bond acceptors (Lipinski definition) is 4. The number of benzene rings is 2. The smallest absolute Gasteiger partial charge is 0.268 e. The molecular formula is C15H12N2O2S. The van der Waals surface area contributed by atoms with Crippen molar-refractivity contribution in [3.63, 3.8) is 0 Å². The predicted molar refractivity (Wildman–Crippen MR) is 80.2 cm³/mol. The molecule has 2 aromatic carbocycles. The number of hydrogen-bond donors (Lipinski definition) is 1. The summed E-state index contributed by atoms with van der Waals surface area (Å²) in [5.41, 5.74) is 7.37. The van der Waals surface area contributed by atoms with Crippen molar-refractivity contribution >= 4 is 35.0 Å². The molecule has 0 aliphatic carbocycles. The highest BCUT2D eigenvalue weighted by molar-refractivity contribution is 7.98. The third kappa shape index (κ3) is 1.78. The Morgan fingerprint density at radius 2 is 1.70 bits per heavy atom. The largest absolute Gasteiger partial charge is 0.398 e. The molecule has 3 rings (SSSR count). The lowest BCUT2D eigenvalue weighted by Gasteiger charge is -2.14. The highest BCUT2D eigenvalue weighted by atomic mass is 32.2. The number of carbonyl (C=O) groups excluding carboxylic acids is 2. The van der Waals surface area contributed by atoms with E-state index in [0.29, 0.717) is 22.5 Å². The van der Waals surface area contributed by atoms with Gasteiger partial charge in [0.2, 0.25) is 0 Å². The van der Waals surface area contributed by atoms with Gasteiger partial charge in [0.25, 0.3) is 11.8 Å². The van der Waals surface area contributed by atoms with Gasteiger partial charge in [0.05, 0.1) is 16.8 Å². The number of nitrogen functional groups attached to an aromatic ring is 1. The Labute approximate surface area is 120 Å². The van der Waals surface area contributed by atoms with Crippen LogP contribution in [0.5, 0.6) is 0 Å². The monoisotopic (exact) mass is 284 g/mol. The van der Waals surface area contributed by atoms with E-state index in [1.54, 1.807) is 42.1 Å². The quantitative estimate of drug-likeness (QED) is 0.523. The molecule has 4 nitrogen and oxygen atoms in total. The number of nitrogens with two attached hydrogens (primary N) is 1. The van der Waals surface area contributed by atoms with Crippen LogP contribution < -0.4 is 10.6 Å². The number of anilines is 2. The summed E-state index contributed by atoms with van der Waals surface area (Å²) in [5.74, 6) is -0.686. The lowest BCUT2D eigenvalue weighted by molar-refractivity contribution is 0.0926. The molecule has 2 N–H and O–H groups in total. The fourth-order valence-corrected chi connectivity index (χ4v) is 2.69. The number of imide groups is 1. The van der Waals surface area contributed by atoms with Crippen molar-refractivity contribution in [3.8, 4) is 0 Å². The van der Waals surface area contributed by atoms with Gasteiger partial charge in [0.15, 0.2) is 0 Å². The molecule has 0 atom stereocenters. The summed E-state index contributed by atoms with van der Waals surface area (Å²) >= 11 is 1.60. The van der Waals surface area contributed by atoms with Gasteiger partial charge in [-0.1, -0.05) is 6.07 Å². The minimum atomic E-state index is -0.361. The fraction of sp³-hybridized carbons (Fsp3) is 0.0667. The van der Waals surface area contributed by atoms with Crippen LogP contribution in [0.15, 0.2) is 47.4 Å². The zero-order valence-electron chi connectivity index (χ0n) is 10.8. The number of carbonyl (C=O) groups is 2. The van der Waals surface area contributed by atoms with Crippen LogP contribution in [0.3, 0.4) is 0 Å². The van der Waals surface area contributed by atoms with Crippen LogP contribution in [0.25, 0.3) is 0 Å². The third-order valence-electron chi connectivity index (χ3n) is 3.28. The first-order chi connectivity index (χ1) is 9.63. The number of thioether (sulfide) groups is 1. The summed E-state index contributed by atoms with van der Waals surface area (Å²) in [4.78, 5) is 27.0. The first-order valence-corrected chi connectivity index (χ1v) is 7.27. The second-order valence-electron chi connectivity index (χ2n) is 4.41. The van der Waals surface area contributed by atoms with E-state index in [0.717, 1.165) is 4.90 Å². The molecule has 0 bridgehead atoms. The SMILES string of the molecule is CSc1ccc(N2C(=O)c3cccc(N)c3C2=O)cc1. The van der Waals surface area contributed by atoms with Crippen molar-refractivity contribution in [2.24, 2.45) is 0 Å². The van der Waals surface area contributed by atoms with Crippen LogP contribution in [0.4, 0.5) is 11.4 Å². The van der Waals surface area contributed by atoms with Gasteiger partial charge < -0.3 is 5.73 Å². The molecule has 0 unspecified atom stereocenters. The van der Waals surface area contributed by atoms with Crippen molar-refractivity contribution in [1.29, 1.82) is 0 Å². The van der Waals surface area contributed by atoms with Crippen molar-refractivity contribution in [2.45, 2.75) is 4.90 Å². The Morgan fingerprint density at radius 3 is 2.30 bits per heavy atom. The van der Waals surface area contributed by atoms with E-state index in [1.165, 1.54) is 4.90 Å². The van der Waals surface area contributed by atoms with Gasteiger partial charge in [-0.3, -0.25) is 9.59 Å². The predicted octanol–water partition coefficient (Wildman–Crippen LogP) is 2.79. The minimum Gasteiger partial charge on any atom is -0.398 e. The van der Waals surface area contributed by atoms with Gasteiger partial charge in [0, 0.05) is 10.6 Å². The highest BCUT2D eigenvalue weighted by Gasteiger charge is 2.37. The maximum atomic E-state index is 12.4. The van der Waals surface area contributed by atoms with Crippen LogP contribution in [0.2, 0.25) is 0 Å². The highest BCUT2D eigenvalue weighted by Crippen LogP contribution is 2.32. The molecule has 1 aliphatic heterocycles. The number of rotatable bonds is 2. The lowest BCUT2D eigenvalue weighted by Crippen LogP contribution is -2.29. The average Bonchev–Trinajstić information content (AvgIpc) is 2.72. The second-order valence-corrected chi connectivity index (χ2v) is 5.29. The second kappa shape index (κ2) is 4.68. The van der Waals surface area contributed by atoms with E-state index in [-0.39, 0.29) is 11.8 Å². The fourth-order valence-electron chi connectivity index (χ4n) is 2.28. The van der Waals surface area contributed by atoms with Crippen LogP contribution in [-0.2, 0) is 0 Å². The van der Waals surface area contributed by atoms with Gasteiger partial charge in [-0.05, 0) is 42.7 Å². The van der Waals surface area contributed by atoms with E-state index in [2.05, 4.69) is 0 Å². The number of fused-ring (bicyclic) bond motifs is 1. The number of amides is 2. The van der Waals surface area contributed by atoms with Crippen LogP contribution in [-0.4, -0.2) is 18.1 Å². The minimum absolute atomic E-state index is 0.298. The van der Waals surface area contributed by atoms with E-state index in [9.17, 15) is 9.59 Å². The normalized spacial score (nSPS) is 13.8. The van der Waals surface area contributed by atoms with Gasteiger partial charge in [-0.25, -0.2) is 4.90 Å². The van der Waals surface area contributed by atoms with Crippen molar-refractivity contribution in [3.05, 3.63) is 53.6 Å². The topological polar surface area (TPSA) is 63.4 Å². The Hall–Kier alpha value is -2.27. The zero-order valence-corrected chi connectivity index (χ0v) is 11.6. The number of nitrogens with zero attached hydrogens (tertiary/aromatic N) is 1. The van der Waals surface area contributed by atoms with Crippen LogP contribution >= 0.6 is 11.8 Å². The summed E-state index contributed by atoms with van der Waals surface area (Å²) in [6.07, 6.45) is 1.97. The molecule has 1 aliphatic rings. The van der Waals surface area contributed by atoms with E-state index in [1.807, 2.05) is 18.4 Å². The summed E-state index contributed by atoms with van der Waals surface area (Å²) in [5, 5.41) is 0. The van der Waals surface area contributed by atoms with Crippen molar-refractivity contribution in [1.82, 2.24) is 0 Å². The van der Waals surface area contributed by atoms with Gasteiger partial charge in [-0.2, -0.15) is 0 Å².